The van der Waals surface area contributed by atoms with Gasteiger partial charge in [-0.3, -0.25) is 9.98 Å². The van der Waals surface area contributed by atoms with E-state index in [9.17, 15) is 0 Å². The van der Waals surface area contributed by atoms with Gasteiger partial charge in [0.1, 0.15) is 0 Å². The van der Waals surface area contributed by atoms with Crippen molar-refractivity contribution in [1.82, 2.24) is 15.6 Å². The van der Waals surface area contributed by atoms with Crippen molar-refractivity contribution in [3.05, 3.63) is 65.5 Å². The quantitative estimate of drug-likeness (QED) is 0.703. The molecular weight excluding hydrogens is 368 g/mol. The molecule has 1 aromatic heterocycles. The van der Waals surface area contributed by atoms with Crippen LogP contribution in [0.5, 0.6) is 0 Å². The third kappa shape index (κ3) is 9.19. The number of aliphatic imine (C=N–C) groups is 1. The monoisotopic (exact) mass is 406 g/mol. The summed E-state index contributed by atoms with van der Waals surface area (Å²) in [6.45, 7) is 5.32. The zero-order valence-corrected chi connectivity index (χ0v) is 18.4. The lowest BCUT2D eigenvalue weighted by molar-refractivity contribution is 0.404. The number of pyridine rings is 1. The van der Waals surface area contributed by atoms with Crippen molar-refractivity contribution in [2.45, 2.75) is 57.9 Å². The van der Waals surface area contributed by atoms with Crippen LogP contribution in [-0.2, 0) is 13.0 Å². The minimum Gasteiger partial charge on any atom is -0.317 e. The minimum atomic E-state index is 0.632. The fourth-order valence-corrected chi connectivity index (χ4v) is 4.12. The molecule has 0 radical (unpaired) electrons. The van der Waals surface area contributed by atoms with Gasteiger partial charge in [-0.2, -0.15) is 0 Å². The Kier molecular flexibility index (Phi) is 10.6. The van der Waals surface area contributed by atoms with Gasteiger partial charge >= 0.3 is 0 Å². The molecule has 0 bridgehead atoms. The van der Waals surface area contributed by atoms with E-state index in [1.807, 2.05) is 30.6 Å². The molecule has 4 heteroatoms. The minimum absolute atomic E-state index is 0.632. The highest BCUT2D eigenvalue weighted by atomic mass is 14.9. The van der Waals surface area contributed by atoms with E-state index in [-0.39, 0.29) is 0 Å². The van der Waals surface area contributed by atoms with Crippen molar-refractivity contribution in [3.63, 3.8) is 0 Å². The van der Waals surface area contributed by atoms with E-state index in [2.05, 4.69) is 44.9 Å². The summed E-state index contributed by atoms with van der Waals surface area (Å²) in [5, 5.41) is 7.25. The predicted octanol–water partition coefficient (Wildman–Crippen LogP) is 4.78. The highest BCUT2D eigenvalue weighted by molar-refractivity contribution is 5.79. The number of nitrogens with one attached hydrogen (secondary N) is 2. The maximum absolute atomic E-state index is 4.53. The number of rotatable bonds is 5. The number of benzene rings is 1. The third-order valence-electron chi connectivity index (χ3n) is 5.86. The van der Waals surface area contributed by atoms with Gasteiger partial charge in [-0.1, -0.05) is 36.8 Å². The topological polar surface area (TPSA) is 49.3 Å². The standard InChI is InChI=1S/C26H38N4/c1-3-15-27-17-6-8-23(9-7-18-28-16-4-1)20-24-11-13-25(14-12-24)21-29-22-26-10-2-5-19-30-26/h2,5,10-14,19,21,23,27-28H,1,3-4,6-9,15-18,20,22H2. The SMILES string of the molecule is C(=NCc1ccccn1)c1ccc(CC2CCCNCCCCCNCCC2)cc1. The first-order chi connectivity index (χ1) is 14.9. The Morgan fingerprint density at radius 1 is 0.833 bits per heavy atom. The normalized spacial score (nSPS) is 18.3. The lowest BCUT2D eigenvalue weighted by Crippen LogP contribution is -2.21. The van der Waals surface area contributed by atoms with Gasteiger partial charge in [0, 0.05) is 12.4 Å². The highest BCUT2D eigenvalue weighted by Crippen LogP contribution is 2.20. The summed E-state index contributed by atoms with van der Waals surface area (Å²) in [7, 11) is 0. The summed E-state index contributed by atoms with van der Waals surface area (Å²) < 4.78 is 0. The van der Waals surface area contributed by atoms with Crippen LogP contribution in [0.4, 0.5) is 0 Å². The summed E-state index contributed by atoms with van der Waals surface area (Å²) >= 11 is 0. The molecule has 1 saturated heterocycles. The van der Waals surface area contributed by atoms with Crippen LogP contribution in [-0.4, -0.2) is 37.4 Å². The van der Waals surface area contributed by atoms with E-state index < -0.39 is 0 Å². The fourth-order valence-electron chi connectivity index (χ4n) is 4.12. The first-order valence-electron chi connectivity index (χ1n) is 11.8. The molecule has 0 unspecified atom stereocenters. The fraction of sp³-hybridized carbons (Fsp3) is 0.538. The van der Waals surface area contributed by atoms with Crippen molar-refractivity contribution in [3.8, 4) is 0 Å². The second-order valence-electron chi connectivity index (χ2n) is 8.45. The first-order valence-corrected chi connectivity index (χ1v) is 11.8. The van der Waals surface area contributed by atoms with Gasteiger partial charge in [0.05, 0.1) is 12.2 Å². The zero-order chi connectivity index (χ0) is 20.7. The molecule has 3 rings (SSSR count). The highest BCUT2D eigenvalue weighted by Gasteiger charge is 2.10. The molecule has 30 heavy (non-hydrogen) atoms. The van der Waals surface area contributed by atoms with Crippen LogP contribution in [0.1, 0.15) is 61.8 Å². The second-order valence-corrected chi connectivity index (χ2v) is 8.45. The predicted molar refractivity (Wildman–Crippen MR) is 127 cm³/mol. The molecule has 0 spiro atoms. The molecule has 0 aliphatic carbocycles. The Hall–Kier alpha value is -2.04. The molecule has 4 nitrogen and oxygen atoms in total. The molecule has 1 fully saturated rings. The van der Waals surface area contributed by atoms with Gasteiger partial charge in [0.2, 0.25) is 0 Å². The van der Waals surface area contributed by atoms with E-state index >= 15 is 0 Å². The van der Waals surface area contributed by atoms with Crippen LogP contribution >= 0.6 is 0 Å². The van der Waals surface area contributed by atoms with Crippen molar-refractivity contribution >= 4 is 6.21 Å². The van der Waals surface area contributed by atoms with Crippen LogP contribution in [0, 0.1) is 5.92 Å². The lowest BCUT2D eigenvalue weighted by atomic mass is 9.90. The summed E-state index contributed by atoms with van der Waals surface area (Å²) in [6, 6.07) is 14.9. The molecule has 0 atom stereocenters. The number of hydrogen-bond acceptors (Lipinski definition) is 4. The Morgan fingerprint density at radius 3 is 2.20 bits per heavy atom. The van der Waals surface area contributed by atoms with E-state index in [0.29, 0.717) is 6.54 Å². The smallest absolute Gasteiger partial charge is 0.0811 e. The first kappa shape index (κ1) is 22.6. The maximum atomic E-state index is 4.53. The molecule has 2 N–H and O–H groups in total. The number of nitrogens with zero attached hydrogens (tertiary/aromatic N) is 2. The van der Waals surface area contributed by atoms with Gasteiger partial charge in [-0.25, -0.2) is 0 Å². The molecule has 2 heterocycles. The average molecular weight is 407 g/mol. The van der Waals surface area contributed by atoms with E-state index in [1.54, 1.807) is 0 Å². The lowest BCUT2D eigenvalue weighted by Gasteiger charge is -2.18. The maximum Gasteiger partial charge on any atom is 0.0811 e. The average Bonchev–Trinajstić information content (AvgIpc) is 2.78. The Balaban J connectivity index is 1.47. The molecule has 1 aliphatic rings. The van der Waals surface area contributed by atoms with Gasteiger partial charge in [0.25, 0.3) is 0 Å². The van der Waals surface area contributed by atoms with Crippen molar-refractivity contribution in [2.75, 3.05) is 26.2 Å². The molecule has 1 aliphatic heterocycles. The molecule has 0 saturated carbocycles. The second kappa shape index (κ2) is 14.1. The Labute approximate surface area is 182 Å². The van der Waals surface area contributed by atoms with Crippen LogP contribution in [0.3, 0.4) is 0 Å². The third-order valence-corrected chi connectivity index (χ3v) is 5.86. The Bertz CT molecular complexity index is 698. The molecular formula is C26H38N4. The van der Waals surface area contributed by atoms with E-state index in [1.165, 1.54) is 83.1 Å². The van der Waals surface area contributed by atoms with Crippen molar-refractivity contribution in [2.24, 2.45) is 10.9 Å². The zero-order valence-electron chi connectivity index (χ0n) is 18.4. The van der Waals surface area contributed by atoms with Gasteiger partial charge in [-0.05, 0) is 100 Å². The van der Waals surface area contributed by atoms with Gasteiger partial charge in [0.15, 0.2) is 0 Å². The van der Waals surface area contributed by atoms with Crippen LogP contribution < -0.4 is 10.6 Å². The largest absolute Gasteiger partial charge is 0.317 e. The molecule has 0 amide bonds. The summed E-state index contributed by atoms with van der Waals surface area (Å²) in [5.74, 6) is 0.778. The van der Waals surface area contributed by atoms with Gasteiger partial charge in [-0.15, -0.1) is 0 Å². The van der Waals surface area contributed by atoms with E-state index in [4.69, 9.17) is 0 Å². The number of hydrogen-bond donors (Lipinski definition) is 2. The molecule has 162 valence electrons. The molecule has 2 aromatic rings. The van der Waals surface area contributed by atoms with Crippen LogP contribution in [0.15, 0.2) is 53.7 Å². The van der Waals surface area contributed by atoms with Crippen molar-refractivity contribution < 1.29 is 0 Å². The Morgan fingerprint density at radius 2 is 1.53 bits per heavy atom. The van der Waals surface area contributed by atoms with Gasteiger partial charge < -0.3 is 10.6 Å². The number of aromatic nitrogens is 1. The van der Waals surface area contributed by atoms with Crippen molar-refractivity contribution in [1.29, 1.82) is 0 Å². The molecule has 1 aromatic carbocycles. The summed E-state index contributed by atoms with van der Waals surface area (Å²) in [6.07, 6.45) is 14.1. The summed E-state index contributed by atoms with van der Waals surface area (Å²) in [4.78, 5) is 8.84. The van der Waals surface area contributed by atoms with Crippen LogP contribution in [0.25, 0.3) is 0 Å². The van der Waals surface area contributed by atoms with Crippen LogP contribution in [0.2, 0.25) is 0 Å². The summed E-state index contributed by atoms with van der Waals surface area (Å²) in [5.41, 5.74) is 3.61. The van der Waals surface area contributed by atoms with E-state index in [0.717, 1.165) is 17.2 Å².